The van der Waals surface area contributed by atoms with Gasteiger partial charge >= 0.3 is 0 Å². The summed E-state index contributed by atoms with van der Waals surface area (Å²) >= 11 is 1.98. The molecular formula is C19H27IN4O2S. The maximum atomic E-state index is 12.3. The van der Waals surface area contributed by atoms with Gasteiger partial charge in [-0.15, -0.1) is 24.0 Å². The van der Waals surface area contributed by atoms with Crippen LogP contribution in [-0.4, -0.2) is 60.4 Å². The van der Waals surface area contributed by atoms with E-state index < -0.39 is 0 Å². The number of aliphatic imine (C=N–C) groups is 1. The van der Waals surface area contributed by atoms with Gasteiger partial charge in [0.25, 0.3) is 11.8 Å². The molecule has 1 aromatic rings. The monoisotopic (exact) mass is 502 g/mol. The first-order valence-electron chi connectivity index (χ1n) is 9.21. The van der Waals surface area contributed by atoms with Crippen molar-refractivity contribution in [1.29, 1.82) is 0 Å². The summed E-state index contributed by atoms with van der Waals surface area (Å²) in [6, 6.07) is 7.51. The molecule has 2 amide bonds. The highest BCUT2D eigenvalue weighted by atomic mass is 127. The second kappa shape index (κ2) is 10.9. The molecule has 0 saturated carbocycles. The molecule has 1 atom stereocenters. The quantitative estimate of drug-likeness (QED) is 0.206. The Kier molecular flexibility index (Phi) is 8.88. The molecule has 1 aromatic carbocycles. The fraction of sp³-hybridized carbons (Fsp3) is 0.526. The lowest BCUT2D eigenvalue weighted by molar-refractivity contribution is 0.0652. The third-order valence-corrected chi connectivity index (χ3v) is 5.92. The van der Waals surface area contributed by atoms with E-state index in [1.807, 2.05) is 11.8 Å². The number of nitrogens with one attached hydrogen (secondary N) is 2. The maximum absolute atomic E-state index is 12.3. The minimum atomic E-state index is -0.175. The van der Waals surface area contributed by atoms with Gasteiger partial charge in [0, 0.05) is 31.9 Å². The van der Waals surface area contributed by atoms with Crippen molar-refractivity contribution < 1.29 is 9.59 Å². The van der Waals surface area contributed by atoms with E-state index in [1.54, 1.807) is 31.3 Å². The van der Waals surface area contributed by atoms with Gasteiger partial charge in [0.05, 0.1) is 11.1 Å². The third-order valence-electron chi connectivity index (χ3n) is 4.70. The average Bonchev–Trinajstić information content (AvgIpc) is 2.92. The molecule has 0 aromatic heterocycles. The molecule has 6 nitrogen and oxygen atoms in total. The fourth-order valence-electron chi connectivity index (χ4n) is 3.29. The van der Waals surface area contributed by atoms with E-state index in [0.717, 1.165) is 31.1 Å². The largest absolute Gasteiger partial charge is 0.356 e. The molecule has 0 spiro atoms. The van der Waals surface area contributed by atoms with E-state index >= 15 is 0 Å². The number of thioether (sulfide) groups is 1. The fourth-order valence-corrected chi connectivity index (χ4v) is 4.36. The number of rotatable bonds is 6. The van der Waals surface area contributed by atoms with Crippen LogP contribution in [0.15, 0.2) is 29.3 Å². The Hall–Kier alpha value is -1.29. The predicted molar refractivity (Wildman–Crippen MR) is 121 cm³/mol. The minimum Gasteiger partial charge on any atom is -0.356 e. The summed E-state index contributed by atoms with van der Waals surface area (Å²) in [7, 11) is 1.78. The summed E-state index contributed by atoms with van der Waals surface area (Å²) in [5.41, 5.74) is 1.04. The van der Waals surface area contributed by atoms with Crippen LogP contribution in [0.5, 0.6) is 0 Å². The van der Waals surface area contributed by atoms with Gasteiger partial charge in [-0.25, -0.2) is 0 Å². The summed E-state index contributed by atoms with van der Waals surface area (Å²) in [6.07, 6.45) is 4.08. The van der Waals surface area contributed by atoms with Crippen LogP contribution in [0, 0.1) is 0 Å². The van der Waals surface area contributed by atoms with Crippen LogP contribution >= 0.6 is 35.7 Å². The Labute approximate surface area is 182 Å². The first kappa shape index (κ1) is 22.0. The van der Waals surface area contributed by atoms with Crippen LogP contribution in [0.25, 0.3) is 0 Å². The van der Waals surface area contributed by atoms with E-state index in [-0.39, 0.29) is 35.8 Å². The van der Waals surface area contributed by atoms with Crippen LogP contribution in [0.1, 0.15) is 46.4 Å². The van der Waals surface area contributed by atoms with Crippen LogP contribution in [0.4, 0.5) is 0 Å². The van der Waals surface area contributed by atoms with Crippen LogP contribution in [-0.2, 0) is 0 Å². The van der Waals surface area contributed by atoms with E-state index in [1.165, 1.54) is 23.5 Å². The second-order valence-corrected chi connectivity index (χ2v) is 7.72. The first-order chi connectivity index (χ1) is 12.7. The first-order valence-corrected chi connectivity index (χ1v) is 10.4. The Morgan fingerprint density at radius 3 is 2.52 bits per heavy atom. The SMILES string of the molecule is CN=C(NCCCCN1C(=O)c2ccccc2C1=O)NC1CCCSC1.I. The summed E-state index contributed by atoms with van der Waals surface area (Å²) in [5.74, 6) is 2.86. The number of carbonyl (C=O) groups is 2. The summed E-state index contributed by atoms with van der Waals surface area (Å²) < 4.78 is 0. The number of amides is 2. The number of hydrogen-bond donors (Lipinski definition) is 2. The predicted octanol–water partition coefficient (Wildman–Crippen LogP) is 2.74. The van der Waals surface area contributed by atoms with Gasteiger partial charge in [-0.05, 0) is 43.6 Å². The van der Waals surface area contributed by atoms with Crippen LogP contribution < -0.4 is 10.6 Å². The Morgan fingerprint density at radius 1 is 1.22 bits per heavy atom. The number of unbranched alkanes of at least 4 members (excludes halogenated alkanes) is 1. The smallest absolute Gasteiger partial charge is 0.261 e. The zero-order valence-corrected chi connectivity index (χ0v) is 18.7. The number of halogens is 1. The number of hydrogen-bond acceptors (Lipinski definition) is 4. The molecular weight excluding hydrogens is 475 g/mol. The highest BCUT2D eigenvalue weighted by molar-refractivity contribution is 14.0. The molecule has 8 heteroatoms. The topological polar surface area (TPSA) is 73.8 Å². The standard InChI is InChI=1S/C19H26N4O2S.HI/c1-20-19(22-14-7-6-12-26-13-14)21-10-4-5-11-23-17(24)15-8-2-3-9-16(15)18(23)25;/h2-3,8-9,14H,4-7,10-13H2,1H3,(H2,20,21,22);1H. The molecule has 0 aliphatic carbocycles. The van der Waals surface area contributed by atoms with Gasteiger partial charge in [0.15, 0.2) is 5.96 Å². The highest BCUT2D eigenvalue weighted by Gasteiger charge is 2.34. The van der Waals surface area contributed by atoms with Gasteiger partial charge in [-0.3, -0.25) is 19.5 Å². The van der Waals surface area contributed by atoms with Crippen molar-refractivity contribution in [1.82, 2.24) is 15.5 Å². The van der Waals surface area contributed by atoms with Crippen molar-refractivity contribution in [3.8, 4) is 0 Å². The lowest BCUT2D eigenvalue weighted by atomic mass is 10.1. The average molecular weight is 502 g/mol. The number of imide groups is 1. The molecule has 1 fully saturated rings. The van der Waals surface area contributed by atoms with E-state index in [0.29, 0.717) is 23.7 Å². The van der Waals surface area contributed by atoms with Gasteiger partial charge in [-0.2, -0.15) is 11.8 Å². The molecule has 0 radical (unpaired) electrons. The van der Waals surface area contributed by atoms with E-state index in [4.69, 9.17) is 0 Å². The van der Waals surface area contributed by atoms with Gasteiger partial charge < -0.3 is 10.6 Å². The Bertz CT molecular complexity index is 657. The zero-order valence-electron chi connectivity index (χ0n) is 15.6. The molecule has 1 saturated heterocycles. The minimum absolute atomic E-state index is 0. The molecule has 2 N–H and O–H groups in total. The maximum Gasteiger partial charge on any atom is 0.261 e. The lowest BCUT2D eigenvalue weighted by Crippen LogP contribution is -2.45. The van der Waals surface area contributed by atoms with Crippen molar-refractivity contribution in [2.24, 2.45) is 4.99 Å². The second-order valence-electron chi connectivity index (χ2n) is 6.57. The van der Waals surface area contributed by atoms with Gasteiger partial charge in [-0.1, -0.05) is 12.1 Å². The summed E-state index contributed by atoms with van der Waals surface area (Å²) in [4.78, 5) is 30.2. The molecule has 2 heterocycles. The molecule has 2 aliphatic heterocycles. The molecule has 148 valence electrons. The zero-order chi connectivity index (χ0) is 18.4. The number of benzene rings is 1. The van der Waals surface area contributed by atoms with Crippen LogP contribution in [0.3, 0.4) is 0 Å². The van der Waals surface area contributed by atoms with E-state index in [9.17, 15) is 9.59 Å². The Balaban J connectivity index is 0.00000261. The van der Waals surface area contributed by atoms with Gasteiger partial charge in [0.1, 0.15) is 0 Å². The third kappa shape index (κ3) is 5.60. The number of nitrogens with zero attached hydrogens (tertiary/aromatic N) is 2. The van der Waals surface area contributed by atoms with Crippen molar-refractivity contribution in [3.63, 3.8) is 0 Å². The summed E-state index contributed by atoms with van der Waals surface area (Å²) in [6.45, 7) is 1.22. The molecule has 27 heavy (non-hydrogen) atoms. The van der Waals surface area contributed by atoms with Crippen molar-refractivity contribution in [2.75, 3.05) is 31.6 Å². The molecule has 3 rings (SSSR count). The van der Waals surface area contributed by atoms with Crippen LogP contribution in [0.2, 0.25) is 0 Å². The van der Waals surface area contributed by atoms with Gasteiger partial charge in [0.2, 0.25) is 0 Å². The molecule has 2 aliphatic rings. The number of guanidine groups is 1. The highest BCUT2D eigenvalue weighted by Crippen LogP contribution is 2.22. The van der Waals surface area contributed by atoms with Crippen molar-refractivity contribution in [3.05, 3.63) is 35.4 Å². The number of carbonyl (C=O) groups excluding carboxylic acids is 2. The number of fused-ring (bicyclic) bond motifs is 1. The van der Waals surface area contributed by atoms with Crippen molar-refractivity contribution >= 4 is 53.5 Å². The summed E-state index contributed by atoms with van der Waals surface area (Å²) in [5, 5.41) is 6.79. The Morgan fingerprint density at radius 2 is 1.93 bits per heavy atom. The van der Waals surface area contributed by atoms with E-state index in [2.05, 4.69) is 15.6 Å². The molecule has 1 unspecified atom stereocenters. The molecule has 0 bridgehead atoms. The van der Waals surface area contributed by atoms with Crippen molar-refractivity contribution in [2.45, 2.75) is 31.7 Å². The normalized spacial score (nSPS) is 19.5. The lowest BCUT2D eigenvalue weighted by Gasteiger charge is -2.24.